The van der Waals surface area contributed by atoms with E-state index in [9.17, 15) is 9.59 Å². The molecule has 1 aliphatic carbocycles. The maximum absolute atomic E-state index is 13.9. The molecule has 2 aromatic heterocycles. The second-order valence-corrected chi connectivity index (χ2v) is 9.88. The minimum atomic E-state index is -1.07. The number of furan rings is 1. The van der Waals surface area contributed by atoms with E-state index in [0.717, 1.165) is 29.6 Å². The summed E-state index contributed by atoms with van der Waals surface area (Å²) in [4.78, 5) is 29.4. The Hall–Kier alpha value is -3.02. The summed E-state index contributed by atoms with van der Waals surface area (Å²) in [5.74, 6) is 0.693. The molecular formula is C26H31N3O3. The van der Waals surface area contributed by atoms with Gasteiger partial charge in [0, 0.05) is 23.9 Å². The summed E-state index contributed by atoms with van der Waals surface area (Å²) in [6.07, 6.45) is 4.92. The van der Waals surface area contributed by atoms with Crippen LogP contribution in [0.15, 0.2) is 47.1 Å². The van der Waals surface area contributed by atoms with Gasteiger partial charge in [0.15, 0.2) is 5.58 Å². The molecule has 0 bridgehead atoms. The molecule has 2 amide bonds. The van der Waals surface area contributed by atoms with E-state index in [1.165, 1.54) is 6.42 Å². The van der Waals surface area contributed by atoms with Gasteiger partial charge in [-0.25, -0.2) is 0 Å². The van der Waals surface area contributed by atoms with E-state index in [0.29, 0.717) is 29.7 Å². The van der Waals surface area contributed by atoms with Crippen molar-refractivity contribution in [3.05, 3.63) is 53.9 Å². The monoisotopic (exact) mass is 433 g/mol. The third-order valence-electron chi connectivity index (χ3n) is 7.71. The summed E-state index contributed by atoms with van der Waals surface area (Å²) in [7, 11) is 0. The largest absolute Gasteiger partial charge is 0.463 e. The summed E-state index contributed by atoms with van der Waals surface area (Å²) in [5.41, 5.74) is 2.82. The van der Waals surface area contributed by atoms with Crippen molar-refractivity contribution < 1.29 is 14.0 Å². The maximum atomic E-state index is 13.9. The molecule has 1 aliphatic heterocycles. The van der Waals surface area contributed by atoms with E-state index >= 15 is 0 Å². The van der Waals surface area contributed by atoms with Crippen LogP contribution >= 0.6 is 0 Å². The number of carbonyl (C=O) groups is 2. The molecule has 1 fully saturated rings. The third-order valence-corrected chi connectivity index (χ3v) is 7.71. The van der Waals surface area contributed by atoms with Gasteiger partial charge in [-0.05, 0) is 44.2 Å². The SMILES string of the molecule is Cc1ccc(N2C(=O)c3cc4occc4n3C[C@]2(C)C(=O)N[C@@H]2CCC[C@H](C)[C@H]2C)cc1. The second-order valence-electron chi connectivity index (χ2n) is 9.88. The number of benzene rings is 1. The fourth-order valence-corrected chi connectivity index (χ4v) is 5.42. The lowest BCUT2D eigenvalue weighted by Gasteiger charge is -2.45. The minimum Gasteiger partial charge on any atom is -0.463 e. The number of hydrogen-bond donors (Lipinski definition) is 1. The number of hydrogen-bond acceptors (Lipinski definition) is 3. The maximum Gasteiger partial charge on any atom is 0.276 e. The van der Waals surface area contributed by atoms with E-state index in [4.69, 9.17) is 4.42 Å². The fourth-order valence-electron chi connectivity index (χ4n) is 5.42. The van der Waals surface area contributed by atoms with Gasteiger partial charge in [0.25, 0.3) is 5.91 Å². The van der Waals surface area contributed by atoms with Crippen LogP contribution in [-0.2, 0) is 11.3 Å². The van der Waals surface area contributed by atoms with E-state index in [1.54, 1.807) is 17.2 Å². The van der Waals surface area contributed by atoms with Crippen LogP contribution < -0.4 is 10.2 Å². The van der Waals surface area contributed by atoms with E-state index < -0.39 is 5.54 Å². The van der Waals surface area contributed by atoms with Crippen molar-refractivity contribution in [3.8, 4) is 0 Å². The Morgan fingerprint density at radius 2 is 1.91 bits per heavy atom. The van der Waals surface area contributed by atoms with Crippen LogP contribution in [0.25, 0.3) is 11.1 Å². The highest BCUT2D eigenvalue weighted by Gasteiger charge is 2.49. The summed E-state index contributed by atoms with van der Waals surface area (Å²) in [5, 5.41) is 3.34. The number of carbonyl (C=O) groups excluding carboxylic acids is 2. The summed E-state index contributed by atoms with van der Waals surface area (Å²) in [6.45, 7) is 8.74. The van der Waals surface area contributed by atoms with Crippen molar-refractivity contribution in [1.82, 2.24) is 9.88 Å². The molecular weight excluding hydrogens is 402 g/mol. The van der Waals surface area contributed by atoms with Gasteiger partial charge in [0.05, 0.1) is 18.3 Å². The summed E-state index contributed by atoms with van der Waals surface area (Å²) in [6, 6.07) is 11.6. The van der Waals surface area contributed by atoms with E-state index in [-0.39, 0.29) is 17.9 Å². The minimum absolute atomic E-state index is 0.103. The Morgan fingerprint density at radius 1 is 1.16 bits per heavy atom. The average Bonchev–Trinajstić information content (AvgIpc) is 3.35. The van der Waals surface area contributed by atoms with Crippen LogP contribution in [0, 0.1) is 18.8 Å². The first kappa shape index (κ1) is 20.9. The van der Waals surface area contributed by atoms with Crippen molar-refractivity contribution in [3.63, 3.8) is 0 Å². The van der Waals surface area contributed by atoms with Crippen LogP contribution in [-0.4, -0.2) is 28.0 Å². The number of nitrogens with one attached hydrogen (secondary N) is 1. The van der Waals surface area contributed by atoms with Crippen molar-refractivity contribution >= 4 is 28.6 Å². The Bertz CT molecular complexity index is 1170. The molecule has 32 heavy (non-hydrogen) atoms. The van der Waals surface area contributed by atoms with Crippen molar-refractivity contribution in [2.24, 2.45) is 11.8 Å². The van der Waals surface area contributed by atoms with Gasteiger partial charge >= 0.3 is 0 Å². The predicted octanol–water partition coefficient (Wildman–Crippen LogP) is 4.90. The molecule has 0 unspecified atom stereocenters. The van der Waals surface area contributed by atoms with Crippen molar-refractivity contribution in [2.75, 3.05) is 4.90 Å². The number of nitrogens with zero attached hydrogens (tertiary/aromatic N) is 2. The van der Waals surface area contributed by atoms with Crippen molar-refractivity contribution in [1.29, 1.82) is 0 Å². The molecule has 1 N–H and O–H groups in total. The van der Waals surface area contributed by atoms with Crippen LogP contribution in [0.5, 0.6) is 0 Å². The first-order valence-electron chi connectivity index (χ1n) is 11.6. The number of rotatable bonds is 3. The lowest BCUT2D eigenvalue weighted by atomic mass is 9.77. The predicted molar refractivity (Wildman–Crippen MR) is 125 cm³/mol. The molecule has 1 saturated carbocycles. The molecule has 6 heteroatoms. The van der Waals surface area contributed by atoms with Gasteiger partial charge in [-0.1, -0.05) is 44.4 Å². The molecule has 0 spiro atoms. The molecule has 4 atom stereocenters. The zero-order valence-electron chi connectivity index (χ0n) is 19.2. The molecule has 1 aromatic carbocycles. The summed E-state index contributed by atoms with van der Waals surface area (Å²) >= 11 is 0. The molecule has 3 aromatic rings. The van der Waals surface area contributed by atoms with Crippen molar-refractivity contribution in [2.45, 2.75) is 65.1 Å². The number of amides is 2. The molecule has 0 radical (unpaired) electrons. The molecule has 0 saturated heterocycles. The van der Waals surface area contributed by atoms with Gasteiger partial charge in [-0.3, -0.25) is 14.5 Å². The number of aryl methyl sites for hydroxylation is 1. The lowest BCUT2D eigenvalue weighted by molar-refractivity contribution is -0.128. The fraction of sp³-hybridized carbons (Fsp3) is 0.462. The van der Waals surface area contributed by atoms with Gasteiger partial charge in [-0.2, -0.15) is 0 Å². The van der Waals surface area contributed by atoms with E-state index in [2.05, 4.69) is 19.2 Å². The van der Waals surface area contributed by atoms with Gasteiger partial charge in [0.2, 0.25) is 5.91 Å². The summed E-state index contributed by atoms with van der Waals surface area (Å²) < 4.78 is 7.49. The topological polar surface area (TPSA) is 67.5 Å². The molecule has 168 valence electrons. The lowest BCUT2D eigenvalue weighted by Crippen LogP contribution is -2.66. The molecule has 6 nitrogen and oxygen atoms in total. The number of fused-ring (bicyclic) bond motifs is 3. The van der Waals surface area contributed by atoms with Crippen LogP contribution in [0.4, 0.5) is 5.69 Å². The second kappa shape index (κ2) is 7.54. The van der Waals surface area contributed by atoms with Gasteiger partial charge < -0.3 is 14.3 Å². The normalized spacial score (nSPS) is 28.1. The van der Waals surface area contributed by atoms with Gasteiger partial charge in [0.1, 0.15) is 11.2 Å². The Balaban J connectivity index is 1.57. The van der Waals surface area contributed by atoms with Gasteiger partial charge in [-0.15, -0.1) is 0 Å². The highest BCUT2D eigenvalue weighted by atomic mass is 16.3. The molecule has 5 rings (SSSR count). The Labute approximate surface area is 188 Å². The zero-order valence-corrected chi connectivity index (χ0v) is 19.2. The Kier molecular flexibility index (Phi) is 4.91. The number of anilines is 1. The molecule has 3 heterocycles. The van der Waals surface area contributed by atoms with Crippen LogP contribution in [0.1, 0.15) is 56.1 Å². The first-order valence-corrected chi connectivity index (χ1v) is 11.6. The smallest absolute Gasteiger partial charge is 0.276 e. The van der Waals surface area contributed by atoms with Crippen LogP contribution in [0.2, 0.25) is 0 Å². The first-order chi connectivity index (χ1) is 15.3. The quantitative estimate of drug-likeness (QED) is 0.639. The zero-order chi connectivity index (χ0) is 22.6. The average molecular weight is 434 g/mol. The highest BCUT2D eigenvalue weighted by molar-refractivity contribution is 6.13. The Morgan fingerprint density at radius 3 is 2.66 bits per heavy atom. The van der Waals surface area contributed by atoms with Crippen LogP contribution in [0.3, 0.4) is 0 Å². The number of aromatic nitrogens is 1. The standard InChI is InChI=1S/C26H31N3O3/c1-16-8-10-19(11-9-16)29-24(30)22-14-23-21(12-13-32-23)28(22)15-26(29,4)25(31)27-20-7-5-6-17(2)18(20)3/h8-14,17-18,20H,5-7,15H2,1-4H3,(H,27,31)/t17-,18+,20+,26+/m0/s1. The molecule has 2 aliphatic rings. The highest BCUT2D eigenvalue weighted by Crippen LogP contribution is 2.37. The van der Waals surface area contributed by atoms with E-state index in [1.807, 2.05) is 48.7 Å². The third kappa shape index (κ3) is 3.15.